The Bertz CT molecular complexity index is 974. The van der Waals surface area contributed by atoms with Crippen molar-refractivity contribution >= 4 is 27.3 Å². The number of piperazine rings is 1. The van der Waals surface area contributed by atoms with Gasteiger partial charge in [0.2, 0.25) is 9.84 Å². The van der Waals surface area contributed by atoms with Crippen LogP contribution in [-0.2, 0) is 14.6 Å². The van der Waals surface area contributed by atoms with Gasteiger partial charge in [-0.1, -0.05) is 6.07 Å². The molecule has 8 heteroatoms. The van der Waals surface area contributed by atoms with Crippen molar-refractivity contribution in [1.29, 1.82) is 0 Å². The van der Waals surface area contributed by atoms with Crippen molar-refractivity contribution < 1.29 is 17.9 Å². The standard InChI is InChI=1S/C21H27N3O4S/c1-21(2,3)28-20(25)24-13-11-23(12-14-24)17-5-4-6-19(15-17)29(26,27)18-9-7-16(22)8-10-18/h4-10,15H,11-14,22H2,1-3H3. The largest absolute Gasteiger partial charge is 0.444 e. The predicted molar refractivity (Wildman–Crippen MR) is 113 cm³/mol. The van der Waals surface area contributed by atoms with Gasteiger partial charge in [0, 0.05) is 37.6 Å². The molecule has 0 saturated carbocycles. The number of ether oxygens (including phenoxy) is 1. The van der Waals surface area contributed by atoms with Gasteiger partial charge >= 0.3 is 6.09 Å². The summed E-state index contributed by atoms with van der Waals surface area (Å²) in [5.74, 6) is 0. The van der Waals surface area contributed by atoms with Gasteiger partial charge in [-0.05, 0) is 63.2 Å². The van der Waals surface area contributed by atoms with E-state index in [1.807, 2.05) is 26.8 Å². The molecule has 0 aliphatic carbocycles. The molecule has 0 aromatic heterocycles. The second kappa shape index (κ2) is 7.94. The number of anilines is 2. The molecule has 0 radical (unpaired) electrons. The zero-order valence-electron chi connectivity index (χ0n) is 17.0. The Morgan fingerprint density at radius 1 is 0.966 bits per heavy atom. The summed E-state index contributed by atoms with van der Waals surface area (Å²) in [5, 5.41) is 0. The molecule has 0 unspecified atom stereocenters. The number of hydrogen-bond acceptors (Lipinski definition) is 6. The van der Waals surface area contributed by atoms with E-state index in [0.29, 0.717) is 31.9 Å². The second-order valence-electron chi connectivity index (χ2n) is 8.02. The van der Waals surface area contributed by atoms with Gasteiger partial charge in [0.1, 0.15) is 5.60 Å². The number of hydrogen-bond donors (Lipinski definition) is 1. The summed E-state index contributed by atoms with van der Waals surface area (Å²) in [5.41, 5.74) is 6.45. The van der Waals surface area contributed by atoms with E-state index in [0.717, 1.165) is 5.69 Å². The van der Waals surface area contributed by atoms with E-state index in [2.05, 4.69) is 4.90 Å². The average Bonchev–Trinajstić information content (AvgIpc) is 2.67. The van der Waals surface area contributed by atoms with Crippen molar-refractivity contribution in [2.45, 2.75) is 36.2 Å². The van der Waals surface area contributed by atoms with Crippen molar-refractivity contribution in [2.75, 3.05) is 36.8 Å². The fraction of sp³-hybridized carbons (Fsp3) is 0.381. The minimum atomic E-state index is -3.63. The fourth-order valence-electron chi connectivity index (χ4n) is 3.10. The minimum absolute atomic E-state index is 0.207. The Morgan fingerprint density at radius 2 is 1.59 bits per heavy atom. The van der Waals surface area contributed by atoms with E-state index in [1.54, 1.807) is 35.2 Å². The van der Waals surface area contributed by atoms with E-state index in [4.69, 9.17) is 10.5 Å². The first-order valence-corrected chi connectivity index (χ1v) is 11.0. The van der Waals surface area contributed by atoms with Crippen LogP contribution in [-0.4, -0.2) is 51.2 Å². The first-order valence-electron chi connectivity index (χ1n) is 9.50. The van der Waals surface area contributed by atoms with Gasteiger partial charge in [-0.2, -0.15) is 0 Å². The highest BCUT2D eigenvalue weighted by atomic mass is 32.2. The third-order valence-electron chi connectivity index (χ3n) is 4.61. The van der Waals surface area contributed by atoms with Crippen molar-refractivity contribution in [1.82, 2.24) is 4.90 Å². The van der Waals surface area contributed by atoms with Crippen molar-refractivity contribution in [3.05, 3.63) is 48.5 Å². The monoisotopic (exact) mass is 417 g/mol. The van der Waals surface area contributed by atoms with E-state index in [1.165, 1.54) is 12.1 Å². The first kappa shape index (κ1) is 21.0. The van der Waals surface area contributed by atoms with E-state index < -0.39 is 15.4 Å². The summed E-state index contributed by atoms with van der Waals surface area (Å²) in [6, 6.07) is 13.1. The lowest BCUT2D eigenvalue weighted by atomic mass is 10.2. The van der Waals surface area contributed by atoms with Crippen LogP contribution in [0.15, 0.2) is 58.3 Å². The molecule has 2 N–H and O–H groups in total. The first-order chi connectivity index (χ1) is 13.6. The lowest BCUT2D eigenvalue weighted by Gasteiger charge is -2.36. The van der Waals surface area contributed by atoms with Gasteiger partial charge in [0.05, 0.1) is 9.79 Å². The number of carbonyl (C=O) groups excluding carboxylic acids is 1. The molecule has 3 rings (SSSR count). The maximum absolute atomic E-state index is 12.9. The van der Waals surface area contributed by atoms with Crippen molar-refractivity contribution in [3.63, 3.8) is 0 Å². The second-order valence-corrected chi connectivity index (χ2v) is 9.97. The maximum atomic E-state index is 12.9. The number of sulfone groups is 1. The number of nitrogens with two attached hydrogens (primary N) is 1. The molecule has 0 spiro atoms. The molecule has 1 heterocycles. The van der Waals surface area contributed by atoms with Gasteiger partial charge in [0.25, 0.3) is 0 Å². The van der Waals surface area contributed by atoms with Crippen LogP contribution in [0.2, 0.25) is 0 Å². The molecule has 29 heavy (non-hydrogen) atoms. The number of amides is 1. The van der Waals surface area contributed by atoms with Crippen molar-refractivity contribution in [2.24, 2.45) is 0 Å². The fourth-order valence-corrected chi connectivity index (χ4v) is 4.40. The van der Waals surface area contributed by atoms with Gasteiger partial charge in [-0.3, -0.25) is 0 Å². The number of nitrogen functional groups attached to an aromatic ring is 1. The zero-order valence-corrected chi connectivity index (χ0v) is 17.8. The predicted octanol–water partition coefficient (Wildman–Crippen LogP) is 3.16. The lowest BCUT2D eigenvalue weighted by Crippen LogP contribution is -2.50. The smallest absolute Gasteiger partial charge is 0.410 e. The van der Waals surface area contributed by atoms with Gasteiger partial charge in [-0.15, -0.1) is 0 Å². The molecule has 156 valence electrons. The molecule has 1 fully saturated rings. The molecule has 1 amide bonds. The Kier molecular flexibility index (Phi) is 5.75. The van der Waals surface area contributed by atoms with Crippen LogP contribution in [0.25, 0.3) is 0 Å². The molecular formula is C21H27N3O4S. The van der Waals surface area contributed by atoms with Crippen LogP contribution in [0.1, 0.15) is 20.8 Å². The summed E-state index contributed by atoms with van der Waals surface area (Å²) in [6.07, 6.45) is -0.322. The number of benzene rings is 2. The highest BCUT2D eigenvalue weighted by Gasteiger charge is 2.26. The summed E-state index contributed by atoms with van der Waals surface area (Å²) in [6.45, 7) is 7.76. The molecule has 1 aliphatic rings. The Morgan fingerprint density at radius 3 is 2.17 bits per heavy atom. The number of rotatable bonds is 3. The number of carbonyl (C=O) groups is 1. The highest BCUT2D eigenvalue weighted by molar-refractivity contribution is 7.91. The minimum Gasteiger partial charge on any atom is -0.444 e. The van der Waals surface area contributed by atoms with Crippen LogP contribution in [0.5, 0.6) is 0 Å². The molecular weight excluding hydrogens is 390 g/mol. The lowest BCUT2D eigenvalue weighted by molar-refractivity contribution is 0.0240. The topological polar surface area (TPSA) is 92.9 Å². The highest BCUT2D eigenvalue weighted by Crippen LogP contribution is 2.26. The van der Waals surface area contributed by atoms with Crippen LogP contribution >= 0.6 is 0 Å². The molecule has 2 aromatic rings. The third kappa shape index (κ3) is 5.00. The van der Waals surface area contributed by atoms with Crippen LogP contribution in [0, 0.1) is 0 Å². The normalized spacial score (nSPS) is 15.3. The molecule has 2 aromatic carbocycles. The van der Waals surface area contributed by atoms with E-state index in [-0.39, 0.29) is 15.9 Å². The summed E-state index contributed by atoms with van der Waals surface area (Å²) in [7, 11) is -3.63. The molecule has 0 bridgehead atoms. The van der Waals surface area contributed by atoms with Crippen LogP contribution in [0.4, 0.5) is 16.2 Å². The maximum Gasteiger partial charge on any atom is 0.410 e. The molecule has 1 aliphatic heterocycles. The Balaban J connectivity index is 1.72. The molecule has 0 atom stereocenters. The molecule has 7 nitrogen and oxygen atoms in total. The van der Waals surface area contributed by atoms with E-state index in [9.17, 15) is 13.2 Å². The van der Waals surface area contributed by atoms with Crippen LogP contribution < -0.4 is 10.6 Å². The van der Waals surface area contributed by atoms with Gasteiger partial charge in [-0.25, -0.2) is 13.2 Å². The average molecular weight is 418 g/mol. The third-order valence-corrected chi connectivity index (χ3v) is 6.38. The van der Waals surface area contributed by atoms with E-state index >= 15 is 0 Å². The van der Waals surface area contributed by atoms with Gasteiger partial charge in [0.15, 0.2) is 0 Å². The van der Waals surface area contributed by atoms with Crippen molar-refractivity contribution in [3.8, 4) is 0 Å². The molecule has 1 saturated heterocycles. The SMILES string of the molecule is CC(C)(C)OC(=O)N1CCN(c2cccc(S(=O)(=O)c3ccc(N)cc3)c2)CC1. The Labute approximate surface area is 172 Å². The quantitative estimate of drug-likeness (QED) is 0.771. The summed E-state index contributed by atoms with van der Waals surface area (Å²) in [4.78, 5) is 16.4. The summed E-state index contributed by atoms with van der Waals surface area (Å²) < 4.78 is 31.3. The summed E-state index contributed by atoms with van der Waals surface area (Å²) >= 11 is 0. The van der Waals surface area contributed by atoms with Gasteiger partial charge < -0.3 is 20.3 Å². The zero-order chi connectivity index (χ0) is 21.2. The Hall–Kier alpha value is -2.74. The van der Waals surface area contributed by atoms with Crippen LogP contribution in [0.3, 0.4) is 0 Å². The number of nitrogens with zero attached hydrogens (tertiary/aromatic N) is 2.